The van der Waals surface area contributed by atoms with Crippen molar-refractivity contribution >= 4 is 29.2 Å². The van der Waals surface area contributed by atoms with Gasteiger partial charge in [-0.1, -0.05) is 32.1 Å². The number of pyridine rings is 1. The van der Waals surface area contributed by atoms with Crippen LogP contribution >= 0.6 is 0 Å². The van der Waals surface area contributed by atoms with Crippen molar-refractivity contribution in [2.75, 3.05) is 10.2 Å². The lowest BCUT2D eigenvalue weighted by molar-refractivity contribution is -0.274. The number of urea groups is 1. The summed E-state index contributed by atoms with van der Waals surface area (Å²) < 4.78 is 43.5. The Bertz CT molecular complexity index is 1220. The fourth-order valence-corrected chi connectivity index (χ4v) is 5.08. The lowest BCUT2D eigenvalue weighted by Gasteiger charge is -2.27. The Balaban J connectivity index is 1.60. The second-order valence-electron chi connectivity index (χ2n) is 10.5. The van der Waals surface area contributed by atoms with E-state index in [1.54, 1.807) is 38.4 Å². The molecule has 210 valence electrons. The first-order valence-electron chi connectivity index (χ1n) is 12.9. The van der Waals surface area contributed by atoms with Crippen molar-refractivity contribution in [1.29, 1.82) is 0 Å². The summed E-state index contributed by atoms with van der Waals surface area (Å²) in [5.41, 5.74) is 5.24. The molecule has 2 aliphatic rings. The van der Waals surface area contributed by atoms with Crippen molar-refractivity contribution in [2.24, 2.45) is 11.7 Å². The molecule has 39 heavy (non-hydrogen) atoms. The summed E-state index contributed by atoms with van der Waals surface area (Å²) in [6, 6.07) is 5.07. The fourth-order valence-electron chi connectivity index (χ4n) is 5.08. The van der Waals surface area contributed by atoms with E-state index in [-0.39, 0.29) is 23.8 Å². The van der Waals surface area contributed by atoms with Crippen LogP contribution in [0.15, 0.2) is 42.7 Å². The Morgan fingerprint density at radius 3 is 2.46 bits per heavy atom. The third-order valence-electron chi connectivity index (χ3n) is 7.27. The molecule has 4 amide bonds. The summed E-state index contributed by atoms with van der Waals surface area (Å²) in [6.45, 7) is 3.29. The van der Waals surface area contributed by atoms with Crippen molar-refractivity contribution < 1.29 is 32.3 Å². The molecule has 1 saturated carbocycles. The van der Waals surface area contributed by atoms with E-state index >= 15 is 0 Å². The molecule has 0 radical (unpaired) electrons. The van der Waals surface area contributed by atoms with Gasteiger partial charge < -0.3 is 20.7 Å². The van der Waals surface area contributed by atoms with Crippen LogP contribution in [0.3, 0.4) is 0 Å². The van der Waals surface area contributed by atoms with E-state index in [1.165, 1.54) is 11.0 Å². The predicted molar refractivity (Wildman–Crippen MR) is 138 cm³/mol. The van der Waals surface area contributed by atoms with Crippen molar-refractivity contribution in [2.45, 2.75) is 76.9 Å². The van der Waals surface area contributed by atoms with E-state index in [4.69, 9.17) is 5.73 Å². The zero-order valence-corrected chi connectivity index (χ0v) is 21.8. The molecule has 12 heteroatoms. The van der Waals surface area contributed by atoms with Crippen LogP contribution in [0.4, 0.5) is 29.3 Å². The number of nitrogens with zero attached hydrogens (tertiary/aromatic N) is 3. The molecule has 9 nitrogen and oxygen atoms in total. The first-order chi connectivity index (χ1) is 18.4. The number of benzene rings is 1. The van der Waals surface area contributed by atoms with Crippen molar-refractivity contribution in [3.63, 3.8) is 0 Å². The highest BCUT2D eigenvalue weighted by Crippen LogP contribution is 2.38. The third-order valence-corrected chi connectivity index (χ3v) is 7.27. The maximum atomic E-state index is 13.4. The van der Waals surface area contributed by atoms with Crippen molar-refractivity contribution in [3.05, 3.63) is 48.3 Å². The average molecular weight is 548 g/mol. The second kappa shape index (κ2) is 11.2. The van der Waals surface area contributed by atoms with Crippen LogP contribution in [-0.2, 0) is 16.1 Å². The van der Waals surface area contributed by atoms with E-state index in [2.05, 4.69) is 15.0 Å². The van der Waals surface area contributed by atoms with E-state index in [1.807, 2.05) is 0 Å². The second-order valence-corrected chi connectivity index (χ2v) is 10.5. The van der Waals surface area contributed by atoms with Crippen molar-refractivity contribution in [3.8, 4) is 5.75 Å². The lowest BCUT2D eigenvalue weighted by Crippen LogP contribution is -2.43. The molecule has 2 heterocycles. The lowest BCUT2D eigenvalue weighted by atomic mass is 9.85. The number of hydrogen-bond donors (Lipinski definition) is 2. The highest BCUT2D eigenvalue weighted by atomic mass is 19.4. The molecule has 2 aromatic rings. The molecule has 1 atom stereocenters. The number of aromatic nitrogens is 1. The maximum absolute atomic E-state index is 13.4. The molecule has 1 aliphatic carbocycles. The Kier molecular flexibility index (Phi) is 8.15. The smallest absolute Gasteiger partial charge is 0.404 e. The van der Waals surface area contributed by atoms with Gasteiger partial charge in [-0.3, -0.25) is 14.6 Å². The Hall–Kier alpha value is -3.67. The van der Waals surface area contributed by atoms with Gasteiger partial charge in [-0.25, -0.2) is 9.69 Å². The molecular weight excluding hydrogens is 515 g/mol. The number of imide groups is 1. The number of nitrogens with one attached hydrogen (secondary N) is 1. The number of hydrogen-bond acceptors (Lipinski definition) is 6. The maximum Gasteiger partial charge on any atom is 0.573 e. The quantitative estimate of drug-likeness (QED) is 0.451. The number of ether oxygens (including phenoxy) is 1. The number of rotatable bonds is 8. The molecule has 0 spiro atoms. The van der Waals surface area contributed by atoms with Gasteiger partial charge in [-0.15, -0.1) is 13.2 Å². The molecule has 1 aromatic heterocycles. The highest BCUT2D eigenvalue weighted by Gasteiger charge is 2.52. The summed E-state index contributed by atoms with van der Waals surface area (Å²) in [5, 5.41) is 2.43. The Morgan fingerprint density at radius 2 is 1.82 bits per heavy atom. The molecular formula is C27H32F3N5O4. The highest BCUT2D eigenvalue weighted by molar-refractivity contribution is 6.23. The summed E-state index contributed by atoms with van der Waals surface area (Å²) in [7, 11) is 0. The summed E-state index contributed by atoms with van der Waals surface area (Å²) in [6.07, 6.45) is 3.64. The van der Waals surface area contributed by atoms with Crippen LogP contribution in [0.2, 0.25) is 0 Å². The zero-order valence-electron chi connectivity index (χ0n) is 21.8. The van der Waals surface area contributed by atoms with Gasteiger partial charge in [0.25, 0.3) is 5.91 Å². The summed E-state index contributed by atoms with van der Waals surface area (Å²) in [4.78, 5) is 45.8. The van der Waals surface area contributed by atoms with Gasteiger partial charge >= 0.3 is 12.4 Å². The number of anilines is 2. The first kappa shape index (κ1) is 28.3. The third kappa shape index (κ3) is 6.49. The van der Waals surface area contributed by atoms with Crippen LogP contribution in [0.25, 0.3) is 0 Å². The van der Waals surface area contributed by atoms with E-state index < -0.39 is 41.5 Å². The molecule has 4 rings (SSSR count). The van der Waals surface area contributed by atoms with Gasteiger partial charge in [0.05, 0.1) is 17.4 Å². The topological polar surface area (TPSA) is 118 Å². The number of carbonyl (C=O) groups excluding carboxylic acids is 3. The van der Waals surface area contributed by atoms with E-state index in [9.17, 15) is 27.6 Å². The largest absolute Gasteiger partial charge is 0.573 e. The average Bonchev–Trinajstić information content (AvgIpc) is 3.04. The standard InChI is InChI=1S/C27H32F3N5O4/c1-26(2)24(37)35(25(38)34(26)16-18-10-12-32-13-11-18)19-8-9-22(39-27(28,29)30)21(15-19)33-23(36)20(31)14-17-6-4-3-5-7-17/h8-13,15,17,20H,3-7,14,16,31H2,1-2H3,(H,33,36). The van der Waals surface area contributed by atoms with Gasteiger partial charge in [0.1, 0.15) is 5.54 Å². The molecule has 1 aliphatic heterocycles. The number of nitrogens with two attached hydrogens (primary N) is 1. The van der Waals surface area contributed by atoms with Crippen LogP contribution < -0.4 is 20.7 Å². The minimum Gasteiger partial charge on any atom is -0.404 e. The number of alkyl halides is 3. The monoisotopic (exact) mass is 547 g/mol. The number of amides is 4. The van der Waals surface area contributed by atoms with Crippen LogP contribution in [0.5, 0.6) is 5.75 Å². The van der Waals surface area contributed by atoms with E-state index in [0.717, 1.165) is 54.7 Å². The van der Waals surface area contributed by atoms with Gasteiger partial charge in [0.2, 0.25) is 5.91 Å². The molecule has 2 fully saturated rings. The fraction of sp³-hybridized carbons (Fsp3) is 0.481. The zero-order chi connectivity index (χ0) is 28.4. The Morgan fingerprint density at radius 1 is 1.15 bits per heavy atom. The first-order valence-corrected chi connectivity index (χ1v) is 12.9. The number of halogens is 3. The van der Waals surface area contributed by atoms with Gasteiger partial charge in [0.15, 0.2) is 5.75 Å². The normalized spacial score (nSPS) is 18.8. The van der Waals surface area contributed by atoms with Gasteiger partial charge in [-0.2, -0.15) is 0 Å². The SMILES string of the molecule is CC1(C)C(=O)N(c2ccc(OC(F)(F)F)c(NC(=O)C(N)CC3CCCCC3)c2)C(=O)N1Cc1ccncc1. The Labute approximate surface area is 224 Å². The number of carbonyl (C=O) groups is 3. The molecule has 1 saturated heterocycles. The van der Waals surface area contributed by atoms with Crippen LogP contribution in [0, 0.1) is 5.92 Å². The van der Waals surface area contributed by atoms with Gasteiger partial charge in [-0.05, 0) is 62.1 Å². The minimum absolute atomic E-state index is 0.0130. The minimum atomic E-state index is -5.03. The predicted octanol–water partition coefficient (Wildman–Crippen LogP) is 4.96. The van der Waals surface area contributed by atoms with Crippen LogP contribution in [0.1, 0.15) is 57.9 Å². The van der Waals surface area contributed by atoms with Crippen LogP contribution in [-0.4, -0.2) is 45.7 Å². The molecule has 0 bridgehead atoms. The summed E-state index contributed by atoms with van der Waals surface area (Å²) in [5.74, 6) is -1.66. The molecule has 1 unspecified atom stereocenters. The van der Waals surface area contributed by atoms with E-state index in [0.29, 0.717) is 6.42 Å². The summed E-state index contributed by atoms with van der Waals surface area (Å²) >= 11 is 0. The van der Waals surface area contributed by atoms with Crippen molar-refractivity contribution in [1.82, 2.24) is 9.88 Å². The molecule has 1 aromatic carbocycles. The van der Waals surface area contributed by atoms with Gasteiger partial charge in [0, 0.05) is 18.9 Å². The molecule has 3 N–H and O–H groups in total.